The molecule has 0 bridgehead atoms. The molecule has 0 radical (unpaired) electrons. The third-order valence-electron chi connectivity index (χ3n) is 3.50. The van der Waals surface area contributed by atoms with Gasteiger partial charge in [0.05, 0.1) is 6.61 Å². The van der Waals surface area contributed by atoms with E-state index < -0.39 is 0 Å². The Morgan fingerprint density at radius 1 is 1.38 bits per heavy atom. The number of nitrogens with two attached hydrogens (primary N) is 1. The number of benzene rings is 1. The monoisotopic (exact) mass is 367 g/mol. The Kier molecular flexibility index (Phi) is 6.27. The number of hydrogen-bond acceptors (Lipinski definition) is 3. The maximum Gasteiger partial charge on any atom is 0.125 e. The number of halogens is 1. The van der Waals surface area contributed by atoms with Gasteiger partial charge in [-0.15, -0.1) is 11.3 Å². The molecule has 0 spiro atoms. The maximum atomic E-state index is 6.11. The quantitative estimate of drug-likeness (QED) is 0.768. The van der Waals surface area contributed by atoms with Gasteiger partial charge in [-0.1, -0.05) is 28.9 Å². The van der Waals surface area contributed by atoms with Crippen LogP contribution in [0.4, 0.5) is 0 Å². The topological polar surface area (TPSA) is 35.2 Å². The second-order valence-electron chi connectivity index (χ2n) is 5.26. The normalized spacial score (nSPS) is 12.4. The zero-order valence-corrected chi connectivity index (χ0v) is 15.0. The molecule has 4 heteroatoms. The minimum absolute atomic E-state index is 0.179. The highest BCUT2D eigenvalue weighted by atomic mass is 79.9. The Balaban J connectivity index is 2.08. The minimum Gasteiger partial charge on any atom is -0.493 e. The summed E-state index contributed by atoms with van der Waals surface area (Å²) in [5.74, 6) is 0.999. The van der Waals surface area contributed by atoms with Crippen LogP contribution in [0.25, 0.3) is 0 Å². The molecule has 21 heavy (non-hydrogen) atoms. The molecule has 1 heterocycles. The third-order valence-corrected chi connectivity index (χ3v) is 4.89. The predicted octanol–water partition coefficient (Wildman–Crippen LogP) is 4.72. The van der Waals surface area contributed by atoms with Crippen LogP contribution in [0.3, 0.4) is 0 Å². The van der Waals surface area contributed by atoms with Gasteiger partial charge in [-0.25, -0.2) is 0 Å². The van der Waals surface area contributed by atoms with Gasteiger partial charge < -0.3 is 10.5 Å². The van der Waals surface area contributed by atoms with Gasteiger partial charge in [0.2, 0.25) is 0 Å². The Hall–Kier alpha value is -0.840. The number of hydrogen-bond donors (Lipinski definition) is 1. The molecule has 2 rings (SSSR count). The SMILES string of the molecule is CCC(N)Cc1cc(Br)cc(C)c1OCCc1cccs1. The van der Waals surface area contributed by atoms with Crippen LogP contribution in [0.5, 0.6) is 5.75 Å². The average Bonchev–Trinajstić information content (AvgIpc) is 2.94. The van der Waals surface area contributed by atoms with Gasteiger partial charge in [0, 0.05) is 21.8 Å². The molecular weight excluding hydrogens is 346 g/mol. The summed E-state index contributed by atoms with van der Waals surface area (Å²) in [6, 6.07) is 8.63. The molecular formula is C17H22BrNOS. The van der Waals surface area contributed by atoms with Crippen molar-refractivity contribution in [1.82, 2.24) is 0 Å². The van der Waals surface area contributed by atoms with Crippen molar-refractivity contribution >= 4 is 27.3 Å². The van der Waals surface area contributed by atoms with Crippen molar-refractivity contribution in [3.8, 4) is 5.75 Å². The second-order valence-corrected chi connectivity index (χ2v) is 7.21. The molecule has 114 valence electrons. The van der Waals surface area contributed by atoms with Crippen molar-refractivity contribution in [1.29, 1.82) is 0 Å². The highest BCUT2D eigenvalue weighted by Gasteiger charge is 2.12. The summed E-state index contributed by atoms with van der Waals surface area (Å²) in [7, 11) is 0. The fourth-order valence-electron chi connectivity index (χ4n) is 2.29. The minimum atomic E-state index is 0.179. The van der Waals surface area contributed by atoms with Crippen LogP contribution < -0.4 is 10.5 Å². The molecule has 2 nitrogen and oxygen atoms in total. The summed E-state index contributed by atoms with van der Waals surface area (Å²) < 4.78 is 7.16. The Morgan fingerprint density at radius 2 is 2.19 bits per heavy atom. The van der Waals surface area contributed by atoms with Crippen LogP contribution in [-0.4, -0.2) is 12.6 Å². The lowest BCUT2D eigenvalue weighted by atomic mass is 10.0. The molecule has 0 amide bonds. The summed E-state index contributed by atoms with van der Waals surface area (Å²) in [6.45, 7) is 4.91. The van der Waals surface area contributed by atoms with Crippen molar-refractivity contribution in [2.75, 3.05) is 6.61 Å². The number of aryl methyl sites for hydroxylation is 1. The first-order valence-corrected chi connectivity index (χ1v) is 8.97. The molecule has 1 atom stereocenters. The number of ether oxygens (including phenoxy) is 1. The Labute approximate surface area is 139 Å². The first-order chi connectivity index (χ1) is 10.1. The van der Waals surface area contributed by atoms with Gasteiger partial charge in [0.15, 0.2) is 0 Å². The van der Waals surface area contributed by atoms with E-state index >= 15 is 0 Å². The average molecular weight is 368 g/mol. The van der Waals surface area contributed by atoms with Gasteiger partial charge in [-0.3, -0.25) is 0 Å². The lowest BCUT2D eigenvalue weighted by Gasteiger charge is -2.17. The smallest absolute Gasteiger partial charge is 0.125 e. The van der Waals surface area contributed by atoms with E-state index in [0.29, 0.717) is 6.61 Å². The Morgan fingerprint density at radius 3 is 2.86 bits per heavy atom. The van der Waals surface area contributed by atoms with E-state index in [1.807, 2.05) is 0 Å². The van der Waals surface area contributed by atoms with E-state index in [1.165, 1.54) is 10.4 Å². The van der Waals surface area contributed by atoms with Crippen molar-refractivity contribution in [3.05, 3.63) is 50.1 Å². The van der Waals surface area contributed by atoms with Crippen LogP contribution in [0, 0.1) is 6.92 Å². The van der Waals surface area contributed by atoms with Gasteiger partial charge in [0.1, 0.15) is 5.75 Å². The second kappa shape index (κ2) is 7.97. The predicted molar refractivity (Wildman–Crippen MR) is 94.4 cm³/mol. The maximum absolute atomic E-state index is 6.11. The fourth-order valence-corrected chi connectivity index (χ4v) is 3.60. The van der Waals surface area contributed by atoms with E-state index in [1.54, 1.807) is 11.3 Å². The Bertz CT molecular complexity index is 568. The largest absolute Gasteiger partial charge is 0.493 e. The van der Waals surface area contributed by atoms with E-state index in [2.05, 4.69) is 59.4 Å². The van der Waals surface area contributed by atoms with E-state index in [-0.39, 0.29) is 6.04 Å². The molecule has 1 aromatic carbocycles. The molecule has 2 N–H and O–H groups in total. The van der Waals surface area contributed by atoms with Gasteiger partial charge >= 0.3 is 0 Å². The summed E-state index contributed by atoms with van der Waals surface area (Å²) in [5.41, 5.74) is 8.47. The van der Waals surface area contributed by atoms with Gasteiger partial charge in [0.25, 0.3) is 0 Å². The number of thiophene rings is 1. The molecule has 1 aromatic heterocycles. The molecule has 0 saturated heterocycles. The van der Waals surface area contributed by atoms with E-state index in [9.17, 15) is 0 Å². The van der Waals surface area contributed by atoms with Crippen LogP contribution >= 0.6 is 27.3 Å². The first-order valence-electron chi connectivity index (χ1n) is 7.30. The van der Waals surface area contributed by atoms with Crippen molar-refractivity contribution < 1.29 is 4.74 Å². The summed E-state index contributed by atoms with van der Waals surface area (Å²) in [4.78, 5) is 1.36. The molecule has 0 fully saturated rings. The summed E-state index contributed by atoms with van der Waals surface area (Å²) in [6.07, 6.45) is 2.78. The van der Waals surface area contributed by atoms with E-state index in [4.69, 9.17) is 10.5 Å². The lowest BCUT2D eigenvalue weighted by Crippen LogP contribution is -2.22. The summed E-state index contributed by atoms with van der Waals surface area (Å²) in [5, 5.41) is 2.10. The summed E-state index contributed by atoms with van der Waals surface area (Å²) >= 11 is 5.34. The third kappa shape index (κ3) is 4.83. The molecule has 0 aliphatic heterocycles. The molecule has 0 saturated carbocycles. The van der Waals surface area contributed by atoms with Crippen molar-refractivity contribution in [2.24, 2.45) is 5.73 Å². The zero-order valence-electron chi connectivity index (χ0n) is 12.6. The van der Waals surface area contributed by atoms with Crippen LogP contribution in [-0.2, 0) is 12.8 Å². The van der Waals surface area contributed by atoms with Gasteiger partial charge in [-0.2, -0.15) is 0 Å². The van der Waals surface area contributed by atoms with Crippen molar-refractivity contribution in [2.45, 2.75) is 39.2 Å². The molecule has 0 aliphatic carbocycles. The van der Waals surface area contributed by atoms with Gasteiger partial charge in [-0.05, 0) is 54.5 Å². The molecule has 1 unspecified atom stereocenters. The highest BCUT2D eigenvalue weighted by molar-refractivity contribution is 9.10. The lowest BCUT2D eigenvalue weighted by molar-refractivity contribution is 0.316. The van der Waals surface area contributed by atoms with Crippen molar-refractivity contribution in [3.63, 3.8) is 0 Å². The highest BCUT2D eigenvalue weighted by Crippen LogP contribution is 2.29. The fraction of sp³-hybridized carbons (Fsp3) is 0.412. The first kappa shape index (κ1) is 16.5. The van der Waals surface area contributed by atoms with E-state index in [0.717, 1.165) is 35.0 Å². The van der Waals surface area contributed by atoms with Crippen LogP contribution in [0.1, 0.15) is 29.3 Å². The standard InChI is InChI=1S/C17H22BrNOS/c1-3-15(19)11-13-10-14(18)9-12(2)17(13)20-7-6-16-5-4-8-21-16/h4-5,8-10,15H,3,6-7,11,19H2,1-2H3. The molecule has 2 aromatic rings. The molecule has 0 aliphatic rings. The van der Waals surface area contributed by atoms with Crippen LogP contribution in [0.2, 0.25) is 0 Å². The zero-order chi connectivity index (χ0) is 15.2. The van der Waals surface area contributed by atoms with Crippen LogP contribution in [0.15, 0.2) is 34.1 Å². The number of rotatable bonds is 7.